The molecule has 4 nitrogen and oxygen atoms in total. The number of nitrogens with two attached hydrogens (primary N) is 2. The molecule has 0 aromatic rings. The summed E-state index contributed by atoms with van der Waals surface area (Å²) in [6.07, 6.45) is 7.90. The fraction of sp³-hybridized carbons (Fsp3) is 0.400. The van der Waals surface area contributed by atoms with Gasteiger partial charge in [-0.15, -0.1) is 0 Å². The van der Waals surface area contributed by atoms with Crippen LogP contribution in [-0.2, 0) is 0 Å². The molecule has 0 aromatic heterocycles. The molecule has 0 radical (unpaired) electrons. The molecule has 0 saturated carbocycles. The number of hydrogen-bond donors (Lipinski definition) is 2. The lowest BCUT2D eigenvalue weighted by atomic mass is 10.1. The second-order valence-corrected chi connectivity index (χ2v) is 6.26. The van der Waals surface area contributed by atoms with E-state index < -0.39 is 0 Å². The van der Waals surface area contributed by atoms with Crippen LogP contribution < -0.4 is 11.5 Å². The van der Waals surface area contributed by atoms with Gasteiger partial charge in [0.1, 0.15) is 0 Å². The van der Waals surface area contributed by atoms with Crippen molar-refractivity contribution in [3.05, 3.63) is 71.4 Å². The van der Waals surface area contributed by atoms with E-state index in [1.807, 2.05) is 19.9 Å². The first-order valence-corrected chi connectivity index (χ1v) is 8.35. The molecular weight excluding hydrogens is 296 g/mol. The minimum atomic E-state index is 0.659. The van der Waals surface area contributed by atoms with E-state index in [0.29, 0.717) is 5.70 Å². The van der Waals surface area contributed by atoms with Gasteiger partial charge in [0.25, 0.3) is 0 Å². The molecule has 0 unspecified atom stereocenters. The molecule has 1 aliphatic heterocycles. The summed E-state index contributed by atoms with van der Waals surface area (Å²) < 4.78 is 0. The molecule has 0 bridgehead atoms. The van der Waals surface area contributed by atoms with Gasteiger partial charge in [-0.2, -0.15) is 0 Å². The van der Waals surface area contributed by atoms with Crippen LogP contribution in [0.5, 0.6) is 0 Å². The first-order valence-electron chi connectivity index (χ1n) is 8.35. The molecule has 0 amide bonds. The van der Waals surface area contributed by atoms with E-state index in [1.165, 1.54) is 11.1 Å². The summed E-state index contributed by atoms with van der Waals surface area (Å²) in [5.74, 6) is 0. The lowest BCUT2D eigenvalue weighted by molar-refractivity contribution is 0.197. The summed E-state index contributed by atoms with van der Waals surface area (Å²) in [4.78, 5) is 4.54. The summed E-state index contributed by atoms with van der Waals surface area (Å²) in [5, 5.41) is 0. The van der Waals surface area contributed by atoms with E-state index >= 15 is 0 Å². The van der Waals surface area contributed by atoms with Gasteiger partial charge >= 0.3 is 0 Å². The monoisotopic (exact) mass is 328 g/mol. The average Bonchev–Trinajstić information content (AvgIpc) is 2.58. The van der Waals surface area contributed by atoms with Gasteiger partial charge in [-0.25, -0.2) is 0 Å². The topological polar surface area (TPSA) is 58.5 Å². The molecule has 132 valence electrons. The van der Waals surface area contributed by atoms with Crippen LogP contribution in [0.25, 0.3) is 0 Å². The molecular formula is C20H32N4. The Balaban J connectivity index is 2.65. The smallest absolute Gasteiger partial charge is 0.0546 e. The molecule has 4 N–H and O–H groups in total. The Morgan fingerprint density at radius 2 is 1.38 bits per heavy atom. The van der Waals surface area contributed by atoms with Gasteiger partial charge in [-0.05, 0) is 45.4 Å². The average molecular weight is 329 g/mol. The number of hydrogen-bond acceptors (Lipinski definition) is 4. The van der Waals surface area contributed by atoms with Crippen molar-refractivity contribution in [3.8, 4) is 0 Å². The fourth-order valence-corrected chi connectivity index (χ4v) is 2.50. The summed E-state index contributed by atoms with van der Waals surface area (Å²) in [7, 11) is 0. The third kappa shape index (κ3) is 5.69. The maximum absolute atomic E-state index is 6.08. The van der Waals surface area contributed by atoms with Gasteiger partial charge in [-0.1, -0.05) is 30.9 Å². The van der Waals surface area contributed by atoms with E-state index in [1.54, 1.807) is 6.08 Å². The van der Waals surface area contributed by atoms with E-state index in [0.717, 1.165) is 43.3 Å². The Morgan fingerprint density at radius 1 is 0.875 bits per heavy atom. The van der Waals surface area contributed by atoms with Gasteiger partial charge in [0.15, 0.2) is 0 Å². The zero-order valence-corrected chi connectivity index (χ0v) is 15.6. The van der Waals surface area contributed by atoms with E-state index in [2.05, 4.69) is 49.0 Å². The molecule has 1 heterocycles. The number of nitrogens with zero attached hydrogens (tertiary/aromatic N) is 2. The molecule has 1 saturated heterocycles. The highest BCUT2D eigenvalue weighted by Gasteiger charge is 2.20. The molecule has 0 aromatic carbocycles. The normalized spacial score (nSPS) is 18.0. The Bertz CT molecular complexity index is 593. The Labute approximate surface area is 147 Å². The lowest BCUT2D eigenvalue weighted by Gasteiger charge is -2.39. The lowest BCUT2D eigenvalue weighted by Crippen LogP contribution is -2.45. The third-order valence-electron chi connectivity index (χ3n) is 4.26. The number of piperazine rings is 1. The van der Waals surface area contributed by atoms with Gasteiger partial charge in [0.05, 0.1) is 11.4 Å². The number of rotatable bonds is 6. The molecule has 4 heteroatoms. The van der Waals surface area contributed by atoms with Crippen molar-refractivity contribution in [2.75, 3.05) is 26.2 Å². The highest BCUT2D eigenvalue weighted by molar-refractivity contribution is 5.33. The van der Waals surface area contributed by atoms with Gasteiger partial charge in [0, 0.05) is 37.6 Å². The Hall–Kier alpha value is -2.36. The minimum Gasteiger partial charge on any atom is -0.402 e. The third-order valence-corrected chi connectivity index (χ3v) is 4.26. The van der Waals surface area contributed by atoms with E-state index in [4.69, 9.17) is 11.5 Å². The predicted octanol–water partition coefficient (Wildman–Crippen LogP) is 3.25. The van der Waals surface area contributed by atoms with Gasteiger partial charge in [0.2, 0.25) is 0 Å². The van der Waals surface area contributed by atoms with Crippen molar-refractivity contribution in [2.24, 2.45) is 11.5 Å². The van der Waals surface area contributed by atoms with Crippen molar-refractivity contribution in [1.29, 1.82) is 0 Å². The minimum absolute atomic E-state index is 0.659. The SMILES string of the molecule is C=C(/C(C)=C\C(C)=C/C)N1CCN(C(=C)/C(N)=C/C=C(/C)N)CC1. The summed E-state index contributed by atoms with van der Waals surface area (Å²) in [6.45, 7) is 20.1. The van der Waals surface area contributed by atoms with Crippen LogP contribution in [0.1, 0.15) is 27.7 Å². The van der Waals surface area contributed by atoms with Crippen molar-refractivity contribution in [2.45, 2.75) is 27.7 Å². The predicted molar refractivity (Wildman–Crippen MR) is 105 cm³/mol. The second kappa shape index (κ2) is 9.06. The summed E-state index contributed by atoms with van der Waals surface area (Å²) in [5.41, 5.74) is 17.5. The standard InChI is InChI=1S/C20H32N4/c1-7-15(2)14-16(3)18(5)23-10-12-24(13-11-23)19(6)20(22)9-8-17(4)21/h7-9,14H,5-6,10-13,21-22H2,1-4H3/b15-7-,16-14-,17-8-,20-9-. The van der Waals surface area contributed by atoms with Crippen molar-refractivity contribution in [1.82, 2.24) is 9.80 Å². The zero-order chi connectivity index (χ0) is 18.3. The summed E-state index contributed by atoms with van der Waals surface area (Å²) in [6, 6.07) is 0. The van der Waals surface area contributed by atoms with Crippen LogP contribution in [0, 0.1) is 0 Å². The highest BCUT2D eigenvalue weighted by atomic mass is 15.3. The van der Waals surface area contributed by atoms with Gasteiger partial charge < -0.3 is 21.3 Å². The van der Waals surface area contributed by atoms with E-state index in [9.17, 15) is 0 Å². The molecule has 0 atom stereocenters. The van der Waals surface area contributed by atoms with Crippen LogP contribution in [-0.4, -0.2) is 36.0 Å². The molecule has 1 fully saturated rings. The van der Waals surface area contributed by atoms with Crippen LogP contribution in [0.3, 0.4) is 0 Å². The first kappa shape index (κ1) is 19.7. The van der Waals surface area contributed by atoms with Crippen molar-refractivity contribution < 1.29 is 0 Å². The maximum atomic E-state index is 6.08. The molecule has 1 rings (SSSR count). The van der Waals surface area contributed by atoms with Gasteiger partial charge in [-0.3, -0.25) is 0 Å². The maximum Gasteiger partial charge on any atom is 0.0546 e. The fourth-order valence-electron chi connectivity index (χ4n) is 2.50. The van der Waals surface area contributed by atoms with E-state index in [-0.39, 0.29) is 0 Å². The van der Waals surface area contributed by atoms with Crippen molar-refractivity contribution in [3.63, 3.8) is 0 Å². The van der Waals surface area contributed by atoms with Crippen LogP contribution in [0.4, 0.5) is 0 Å². The molecule has 1 aliphatic rings. The second-order valence-electron chi connectivity index (χ2n) is 6.26. The quantitative estimate of drug-likeness (QED) is 0.735. The highest BCUT2D eigenvalue weighted by Crippen LogP contribution is 2.19. The Morgan fingerprint density at radius 3 is 1.83 bits per heavy atom. The van der Waals surface area contributed by atoms with Crippen molar-refractivity contribution >= 4 is 0 Å². The molecule has 0 spiro atoms. The largest absolute Gasteiger partial charge is 0.402 e. The zero-order valence-electron chi connectivity index (χ0n) is 15.6. The summed E-state index contributed by atoms with van der Waals surface area (Å²) >= 11 is 0. The van der Waals surface area contributed by atoms with Crippen LogP contribution in [0.15, 0.2) is 71.4 Å². The molecule has 24 heavy (non-hydrogen) atoms. The molecule has 0 aliphatic carbocycles. The first-order chi connectivity index (χ1) is 11.3. The van der Waals surface area contributed by atoms with Crippen LogP contribution in [0.2, 0.25) is 0 Å². The Kier molecular flexibility index (Phi) is 7.43. The van der Waals surface area contributed by atoms with Crippen LogP contribution >= 0.6 is 0 Å². The number of allylic oxidation sites excluding steroid dienone is 7.